The van der Waals surface area contributed by atoms with Crippen LogP contribution in [0.3, 0.4) is 0 Å². The number of carbonyl (C=O) groups excluding carboxylic acids is 1. The number of carbonyl (C=O) groups is 1. The van der Waals surface area contributed by atoms with Gasteiger partial charge in [0.15, 0.2) is 0 Å². The van der Waals surface area contributed by atoms with E-state index in [9.17, 15) is 13.6 Å². The summed E-state index contributed by atoms with van der Waals surface area (Å²) in [6.45, 7) is -0.650. The van der Waals surface area contributed by atoms with Crippen LogP contribution in [0.15, 0.2) is 24.5 Å². The Morgan fingerprint density at radius 3 is 2.94 bits per heavy atom. The van der Waals surface area contributed by atoms with Crippen LogP contribution < -0.4 is 14.8 Å². The number of halogens is 2. The summed E-state index contributed by atoms with van der Waals surface area (Å²) in [5, 5.41) is 12.0. The Morgan fingerprint density at radius 2 is 2.18 bits per heavy atom. The van der Waals surface area contributed by atoms with Crippen molar-refractivity contribution in [1.82, 2.24) is 34.8 Å². The van der Waals surface area contributed by atoms with Crippen LogP contribution in [0.4, 0.5) is 13.6 Å². The monoisotopic (exact) mass is 473 g/mol. The van der Waals surface area contributed by atoms with E-state index in [1.165, 1.54) is 11.8 Å². The van der Waals surface area contributed by atoms with Crippen LogP contribution in [0.1, 0.15) is 5.69 Å². The van der Waals surface area contributed by atoms with Gasteiger partial charge in [-0.3, -0.25) is 4.68 Å². The molecular formula is C21H21F2N7O4. The number of nitrogens with one attached hydrogen (secondary N) is 2. The zero-order chi connectivity index (χ0) is 24.0. The van der Waals surface area contributed by atoms with E-state index in [1.807, 2.05) is 13.0 Å². The molecule has 0 aliphatic carbocycles. The quantitative estimate of drug-likeness (QED) is 0.457. The number of hydrogen-bond acceptors (Lipinski definition) is 7. The molecule has 5 rings (SSSR count). The number of alkyl carbamates (subject to hydrolysis) is 1. The molecule has 0 radical (unpaired) electrons. The zero-order valence-corrected chi connectivity index (χ0v) is 18.5. The average molecular weight is 473 g/mol. The maximum absolute atomic E-state index is 13.1. The fourth-order valence-electron chi connectivity index (χ4n) is 4.17. The minimum absolute atomic E-state index is 0.202. The van der Waals surface area contributed by atoms with Crippen molar-refractivity contribution in [2.45, 2.75) is 26.1 Å². The van der Waals surface area contributed by atoms with Crippen molar-refractivity contribution in [2.75, 3.05) is 13.7 Å². The van der Waals surface area contributed by atoms with E-state index >= 15 is 0 Å². The van der Waals surface area contributed by atoms with Crippen LogP contribution in [-0.2, 0) is 18.3 Å². The van der Waals surface area contributed by atoms with E-state index < -0.39 is 12.7 Å². The van der Waals surface area contributed by atoms with Gasteiger partial charge in [0.1, 0.15) is 12.3 Å². The number of aromatic nitrogens is 6. The molecule has 0 fully saturated rings. The Labute approximate surface area is 191 Å². The Balaban J connectivity index is 1.66. The van der Waals surface area contributed by atoms with Gasteiger partial charge in [-0.15, -0.1) is 5.10 Å². The minimum atomic E-state index is -3.03. The van der Waals surface area contributed by atoms with Gasteiger partial charge in [-0.2, -0.15) is 13.9 Å². The third-order valence-electron chi connectivity index (χ3n) is 5.49. The lowest BCUT2D eigenvalue weighted by molar-refractivity contribution is -0.0527. The molecule has 1 amide bonds. The van der Waals surface area contributed by atoms with Crippen molar-refractivity contribution in [1.29, 1.82) is 0 Å². The number of pyridine rings is 1. The van der Waals surface area contributed by atoms with Gasteiger partial charge in [0.25, 0.3) is 0 Å². The molecule has 5 heterocycles. The summed E-state index contributed by atoms with van der Waals surface area (Å²) in [6.07, 6.45) is 2.68. The summed E-state index contributed by atoms with van der Waals surface area (Å²) in [5.74, 6) is 0.277. The summed E-state index contributed by atoms with van der Waals surface area (Å²) < 4.78 is 44.7. The number of hydrogen-bond donors (Lipinski definition) is 2. The largest absolute Gasteiger partial charge is 0.475 e. The number of aromatic amines is 1. The molecule has 2 N–H and O–H groups in total. The molecule has 0 saturated carbocycles. The number of rotatable bonds is 5. The molecule has 0 unspecified atom stereocenters. The highest BCUT2D eigenvalue weighted by Crippen LogP contribution is 2.45. The number of alkyl halides is 2. The van der Waals surface area contributed by atoms with E-state index in [0.717, 1.165) is 0 Å². The van der Waals surface area contributed by atoms with Gasteiger partial charge in [-0.1, -0.05) is 0 Å². The lowest BCUT2D eigenvalue weighted by Crippen LogP contribution is -2.44. The summed E-state index contributed by atoms with van der Waals surface area (Å²) in [6, 6.07) is 3.26. The second kappa shape index (κ2) is 8.32. The molecule has 1 aliphatic rings. The van der Waals surface area contributed by atoms with Gasteiger partial charge in [0.05, 0.1) is 42.2 Å². The Bertz CT molecular complexity index is 1380. The van der Waals surface area contributed by atoms with Crippen LogP contribution in [0.25, 0.3) is 33.4 Å². The molecule has 13 heteroatoms. The lowest BCUT2D eigenvalue weighted by Gasteiger charge is -2.25. The van der Waals surface area contributed by atoms with E-state index in [1.54, 1.807) is 30.2 Å². The SMILES string of the molecule is COC(=O)N[C@@H]1COc2c(-c3[nH]c4ncccc4c3-c3cn(C)nc3OC(F)F)c(C)nn2C1. The minimum Gasteiger partial charge on any atom is -0.475 e. The lowest BCUT2D eigenvalue weighted by atomic mass is 10.0. The summed E-state index contributed by atoms with van der Waals surface area (Å²) in [5.41, 5.74) is 3.39. The Hall–Kier alpha value is -4.16. The van der Waals surface area contributed by atoms with Crippen LogP contribution in [-0.4, -0.2) is 62.0 Å². The predicted octanol–water partition coefficient (Wildman–Crippen LogP) is 2.85. The summed E-state index contributed by atoms with van der Waals surface area (Å²) >= 11 is 0. The number of H-pyrrole nitrogens is 1. The molecule has 0 saturated heterocycles. The molecule has 0 spiro atoms. The van der Waals surface area contributed by atoms with Gasteiger partial charge in [0.2, 0.25) is 11.8 Å². The molecule has 4 aromatic heterocycles. The first-order chi connectivity index (χ1) is 16.4. The number of methoxy groups -OCH3 is 1. The molecule has 34 heavy (non-hydrogen) atoms. The molecule has 0 aromatic carbocycles. The second-order valence-electron chi connectivity index (χ2n) is 7.77. The Kier molecular flexibility index (Phi) is 5.30. The number of ether oxygens (including phenoxy) is 3. The fraction of sp³-hybridized carbons (Fsp3) is 0.333. The highest BCUT2D eigenvalue weighted by Gasteiger charge is 2.31. The second-order valence-corrected chi connectivity index (χ2v) is 7.77. The molecular weight excluding hydrogens is 452 g/mol. The predicted molar refractivity (Wildman–Crippen MR) is 116 cm³/mol. The molecule has 11 nitrogen and oxygen atoms in total. The summed E-state index contributed by atoms with van der Waals surface area (Å²) in [7, 11) is 2.91. The highest BCUT2D eigenvalue weighted by atomic mass is 19.3. The number of nitrogens with zero attached hydrogens (tertiary/aromatic N) is 5. The van der Waals surface area contributed by atoms with Gasteiger partial charge in [0, 0.05) is 30.4 Å². The van der Waals surface area contributed by atoms with E-state index in [-0.39, 0.29) is 18.5 Å². The Morgan fingerprint density at radius 1 is 1.35 bits per heavy atom. The number of aryl methyl sites for hydroxylation is 2. The smallest absolute Gasteiger partial charge is 0.407 e. The third-order valence-corrected chi connectivity index (χ3v) is 5.49. The number of fused-ring (bicyclic) bond motifs is 2. The molecule has 0 bridgehead atoms. The van der Waals surface area contributed by atoms with Crippen molar-refractivity contribution >= 4 is 17.1 Å². The fourth-order valence-corrected chi connectivity index (χ4v) is 4.17. The van der Waals surface area contributed by atoms with Crippen molar-refractivity contribution in [2.24, 2.45) is 7.05 Å². The first-order valence-electron chi connectivity index (χ1n) is 10.4. The maximum atomic E-state index is 13.1. The number of amides is 1. The topological polar surface area (TPSA) is 121 Å². The van der Waals surface area contributed by atoms with Gasteiger partial charge in [-0.25, -0.2) is 14.5 Å². The molecule has 1 atom stereocenters. The highest BCUT2D eigenvalue weighted by molar-refractivity contribution is 6.04. The van der Waals surface area contributed by atoms with E-state index in [4.69, 9.17) is 9.47 Å². The summed E-state index contributed by atoms with van der Waals surface area (Å²) in [4.78, 5) is 19.3. The van der Waals surface area contributed by atoms with Crippen LogP contribution in [0, 0.1) is 6.92 Å². The first-order valence-corrected chi connectivity index (χ1v) is 10.4. The maximum Gasteiger partial charge on any atom is 0.407 e. The molecule has 1 aliphatic heterocycles. The van der Waals surface area contributed by atoms with Crippen molar-refractivity contribution in [3.8, 4) is 34.1 Å². The van der Waals surface area contributed by atoms with Gasteiger partial charge >= 0.3 is 12.7 Å². The van der Waals surface area contributed by atoms with Gasteiger partial charge < -0.3 is 24.5 Å². The third kappa shape index (κ3) is 3.68. The zero-order valence-electron chi connectivity index (χ0n) is 18.5. The van der Waals surface area contributed by atoms with Gasteiger partial charge in [-0.05, 0) is 19.1 Å². The molecule has 4 aromatic rings. The van der Waals surface area contributed by atoms with Crippen molar-refractivity contribution in [3.05, 3.63) is 30.2 Å². The van der Waals surface area contributed by atoms with E-state index in [0.29, 0.717) is 51.5 Å². The van der Waals surface area contributed by atoms with Crippen LogP contribution >= 0.6 is 0 Å². The van der Waals surface area contributed by atoms with Crippen LogP contribution in [0.2, 0.25) is 0 Å². The average Bonchev–Trinajstić information content (AvgIpc) is 3.44. The van der Waals surface area contributed by atoms with Crippen molar-refractivity contribution in [3.63, 3.8) is 0 Å². The van der Waals surface area contributed by atoms with Crippen molar-refractivity contribution < 1.29 is 27.8 Å². The normalized spacial score (nSPS) is 15.3. The molecule has 178 valence electrons. The first kappa shape index (κ1) is 21.7. The van der Waals surface area contributed by atoms with Crippen LogP contribution in [0.5, 0.6) is 11.8 Å². The van der Waals surface area contributed by atoms with E-state index in [2.05, 4.69) is 30.2 Å². The standard InChI is InChI=1S/C21H21F2N7O4/c1-10-14(19-30(27-10)7-11(9-33-19)25-21(31)32-3)16-15(12-5-4-6-24-17(12)26-16)13-8-29(2)28-18(13)34-20(22)23/h4-6,8,11,20H,7,9H2,1-3H3,(H,24,26)(H,25,31)/t11-/m0/s1.